The average Bonchev–Trinajstić information content (AvgIpc) is 2.57. The van der Waals surface area contributed by atoms with Crippen LogP contribution in [0.1, 0.15) is 23.0 Å². The first-order chi connectivity index (χ1) is 7.15. The first-order valence-corrected chi connectivity index (χ1v) is 4.68. The van der Waals surface area contributed by atoms with Crippen molar-refractivity contribution in [2.75, 3.05) is 5.73 Å². The summed E-state index contributed by atoms with van der Waals surface area (Å²) in [6.45, 7) is 1.85. The van der Waals surface area contributed by atoms with E-state index >= 15 is 0 Å². The zero-order chi connectivity index (χ0) is 11.0. The largest absolute Gasteiger partial charge is 0.478 e. The molecular weight excluding hydrogens is 194 g/mol. The van der Waals surface area contributed by atoms with Gasteiger partial charge in [0.25, 0.3) is 0 Å². The highest BCUT2D eigenvalue weighted by atomic mass is 16.4. The normalized spacial score (nSPS) is 10.7. The minimum Gasteiger partial charge on any atom is -0.478 e. The van der Waals surface area contributed by atoms with E-state index in [9.17, 15) is 4.79 Å². The molecule has 0 aliphatic heterocycles. The minimum absolute atomic E-state index is 0.186. The molecule has 0 unspecified atom stereocenters. The number of aromatic carboxylic acids is 1. The minimum atomic E-state index is -0.997. The van der Waals surface area contributed by atoms with Gasteiger partial charge in [-0.1, -0.05) is 13.0 Å². The molecule has 4 nitrogen and oxygen atoms in total. The summed E-state index contributed by atoms with van der Waals surface area (Å²) in [5, 5.41) is 9.59. The number of aryl methyl sites for hydroxylation is 1. The summed E-state index contributed by atoms with van der Waals surface area (Å²) in [5.41, 5.74) is 6.90. The summed E-state index contributed by atoms with van der Waals surface area (Å²) >= 11 is 0. The standard InChI is InChI=1S/C11H11NO3/c1-2-7-10(11(13)14)9-6(12)4-3-5-8(9)15-7/h3-5H,2,12H2,1H3,(H,13,14). The van der Waals surface area contributed by atoms with Crippen molar-refractivity contribution in [1.29, 1.82) is 0 Å². The summed E-state index contributed by atoms with van der Waals surface area (Å²) in [7, 11) is 0. The van der Waals surface area contributed by atoms with Crippen LogP contribution in [0.15, 0.2) is 22.6 Å². The molecular formula is C11H11NO3. The van der Waals surface area contributed by atoms with Crippen LogP contribution in [0.5, 0.6) is 0 Å². The van der Waals surface area contributed by atoms with Crippen LogP contribution < -0.4 is 5.73 Å². The molecule has 0 saturated carbocycles. The number of hydrogen-bond donors (Lipinski definition) is 2. The van der Waals surface area contributed by atoms with Gasteiger partial charge in [0, 0.05) is 12.1 Å². The number of rotatable bonds is 2. The number of carboxylic acid groups (broad SMARTS) is 1. The maximum Gasteiger partial charge on any atom is 0.339 e. The highest BCUT2D eigenvalue weighted by Crippen LogP contribution is 2.30. The van der Waals surface area contributed by atoms with Crippen molar-refractivity contribution in [3.8, 4) is 0 Å². The van der Waals surface area contributed by atoms with Crippen molar-refractivity contribution < 1.29 is 14.3 Å². The number of nitrogen functional groups attached to an aromatic ring is 1. The Kier molecular flexibility index (Phi) is 2.11. The van der Waals surface area contributed by atoms with Crippen LogP contribution in [0.25, 0.3) is 11.0 Å². The van der Waals surface area contributed by atoms with E-state index in [1.165, 1.54) is 0 Å². The van der Waals surface area contributed by atoms with E-state index < -0.39 is 5.97 Å². The Hall–Kier alpha value is -1.97. The highest BCUT2D eigenvalue weighted by Gasteiger charge is 2.20. The maximum atomic E-state index is 11.1. The summed E-state index contributed by atoms with van der Waals surface area (Å²) in [4.78, 5) is 11.1. The number of carboxylic acids is 1. The second-order valence-corrected chi connectivity index (χ2v) is 3.28. The Labute approximate surface area is 86.3 Å². The molecule has 1 aromatic carbocycles. The van der Waals surface area contributed by atoms with Crippen LogP contribution in [0.2, 0.25) is 0 Å². The fourth-order valence-electron chi connectivity index (χ4n) is 1.70. The van der Waals surface area contributed by atoms with Crippen LogP contribution in [-0.4, -0.2) is 11.1 Å². The van der Waals surface area contributed by atoms with E-state index in [1.54, 1.807) is 18.2 Å². The number of carbonyl (C=O) groups is 1. The van der Waals surface area contributed by atoms with Crippen LogP contribution in [0.4, 0.5) is 5.69 Å². The molecule has 15 heavy (non-hydrogen) atoms. The number of benzene rings is 1. The number of nitrogens with two attached hydrogens (primary N) is 1. The first-order valence-electron chi connectivity index (χ1n) is 4.68. The van der Waals surface area contributed by atoms with Gasteiger partial charge in [-0.3, -0.25) is 0 Å². The van der Waals surface area contributed by atoms with Crippen LogP contribution in [-0.2, 0) is 6.42 Å². The predicted octanol–water partition coefficient (Wildman–Crippen LogP) is 2.28. The molecule has 0 fully saturated rings. The average molecular weight is 205 g/mol. The van der Waals surface area contributed by atoms with Crippen molar-refractivity contribution in [3.05, 3.63) is 29.5 Å². The molecule has 0 spiro atoms. The Bertz CT molecular complexity index is 528. The zero-order valence-corrected chi connectivity index (χ0v) is 8.28. The highest BCUT2D eigenvalue weighted by molar-refractivity contribution is 6.08. The van der Waals surface area contributed by atoms with Gasteiger partial charge in [-0.25, -0.2) is 4.79 Å². The van der Waals surface area contributed by atoms with Gasteiger partial charge in [-0.05, 0) is 12.1 Å². The van der Waals surface area contributed by atoms with Gasteiger partial charge in [0.05, 0.1) is 5.39 Å². The molecule has 78 valence electrons. The molecule has 3 N–H and O–H groups in total. The molecule has 0 amide bonds. The van der Waals surface area contributed by atoms with Gasteiger partial charge in [0.15, 0.2) is 0 Å². The van der Waals surface area contributed by atoms with Gasteiger partial charge < -0.3 is 15.3 Å². The topological polar surface area (TPSA) is 76.5 Å². The molecule has 0 aliphatic rings. The Morgan fingerprint density at radius 1 is 1.53 bits per heavy atom. The number of hydrogen-bond acceptors (Lipinski definition) is 3. The molecule has 0 aliphatic carbocycles. The molecule has 0 saturated heterocycles. The van der Waals surface area contributed by atoms with Gasteiger partial charge in [-0.2, -0.15) is 0 Å². The second kappa shape index (κ2) is 3.31. The van der Waals surface area contributed by atoms with Crippen molar-refractivity contribution >= 4 is 22.6 Å². The zero-order valence-electron chi connectivity index (χ0n) is 8.28. The lowest BCUT2D eigenvalue weighted by Crippen LogP contribution is -2.00. The number of anilines is 1. The lowest BCUT2D eigenvalue weighted by molar-refractivity contribution is 0.0696. The van der Waals surface area contributed by atoms with Crippen LogP contribution >= 0.6 is 0 Å². The second-order valence-electron chi connectivity index (χ2n) is 3.28. The number of fused-ring (bicyclic) bond motifs is 1. The van der Waals surface area contributed by atoms with E-state index in [4.69, 9.17) is 15.3 Å². The Morgan fingerprint density at radius 3 is 2.87 bits per heavy atom. The molecule has 2 rings (SSSR count). The third-order valence-electron chi connectivity index (χ3n) is 2.36. The van der Waals surface area contributed by atoms with Crippen molar-refractivity contribution in [3.63, 3.8) is 0 Å². The maximum absolute atomic E-state index is 11.1. The first kappa shape index (κ1) is 9.58. The van der Waals surface area contributed by atoms with E-state index in [2.05, 4.69) is 0 Å². The Balaban J connectivity index is 2.88. The SMILES string of the molecule is CCc1oc2cccc(N)c2c1C(=O)O. The summed E-state index contributed by atoms with van der Waals surface area (Å²) in [5.74, 6) is -0.529. The van der Waals surface area contributed by atoms with Gasteiger partial charge >= 0.3 is 5.97 Å². The third-order valence-corrected chi connectivity index (χ3v) is 2.36. The van der Waals surface area contributed by atoms with E-state index in [1.807, 2.05) is 6.92 Å². The molecule has 0 radical (unpaired) electrons. The predicted molar refractivity (Wildman–Crippen MR) is 57.0 cm³/mol. The van der Waals surface area contributed by atoms with Gasteiger partial charge in [0.1, 0.15) is 16.9 Å². The Morgan fingerprint density at radius 2 is 2.27 bits per heavy atom. The molecule has 1 aromatic heterocycles. The quantitative estimate of drug-likeness (QED) is 0.737. The molecule has 2 aromatic rings. The molecule has 4 heteroatoms. The summed E-state index contributed by atoms with van der Waals surface area (Å²) in [6, 6.07) is 5.13. The van der Waals surface area contributed by atoms with Gasteiger partial charge in [0.2, 0.25) is 0 Å². The smallest absolute Gasteiger partial charge is 0.339 e. The van der Waals surface area contributed by atoms with E-state index in [-0.39, 0.29) is 5.56 Å². The van der Waals surface area contributed by atoms with Crippen molar-refractivity contribution in [2.24, 2.45) is 0 Å². The van der Waals surface area contributed by atoms with Crippen LogP contribution in [0.3, 0.4) is 0 Å². The van der Waals surface area contributed by atoms with Crippen molar-refractivity contribution in [1.82, 2.24) is 0 Å². The number of furan rings is 1. The monoisotopic (exact) mass is 205 g/mol. The molecule has 0 bridgehead atoms. The van der Waals surface area contributed by atoms with Gasteiger partial charge in [-0.15, -0.1) is 0 Å². The van der Waals surface area contributed by atoms with Crippen molar-refractivity contribution in [2.45, 2.75) is 13.3 Å². The molecule has 0 atom stereocenters. The summed E-state index contributed by atoms with van der Waals surface area (Å²) < 4.78 is 5.43. The fourth-order valence-corrected chi connectivity index (χ4v) is 1.70. The third kappa shape index (κ3) is 1.34. The van der Waals surface area contributed by atoms with E-state index in [0.717, 1.165) is 0 Å². The lowest BCUT2D eigenvalue weighted by atomic mass is 10.1. The van der Waals surface area contributed by atoms with Crippen LogP contribution in [0, 0.1) is 0 Å². The van der Waals surface area contributed by atoms with E-state index in [0.29, 0.717) is 28.8 Å². The molecule has 1 heterocycles. The fraction of sp³-hybridized carbons (Fsp3) is 0.182. The summed E-state index contributed by atoms with van der Waals surface area (Å²) in [6.07, 6.45) is 0.537. The lowest BCUT2D eigenvalue weighted by Gasteiger charge is -1.96.